The van der Waals surface area contributed by atoms with Crippen LogP contribution in [0, 0.1) is 13.8 Å². The molecule has 0 amide bonds. The fourth-order valence-electron chi connectivity index (χ4n) is 1.79. The topological polar surface area (TPSA) is 72.5 Å². The SMILES string of the molecule is CCC(Oc1c(C)cc(CN)cc1C)C(=O)O. The molecule has 0 bridgehead atoms. The second-order valence-electron chi connectivity index (χ2n) is 4.12. The number of ether oxygens (including phenoxy) is 1. The second-order valence-corrected chi connectivity index (χ2v) is 4.12. The average Bonchev–Trinajstić information content (AvgIpc) is 2.27. The van der Waals surface area contributed by atoms with Crippen LogP contribution in [0.5, 0.6) is 5.75 Å². The lowest BCUT2D eigenvalue weighted by Crippen LogP contribution is -2.26. The molecular formula is C13H19NO3. The Balaban J connectivity index is 3.02. The summed E-state index contributed by atoms with van der Waals surface area (Å²) in [6, 6.07) is 3.85. The van der Waals surface area contributed by atoms with Gasteiger partial charge in [-0.15, -0.1) is 0 Å². The van der Waals surface area contributed by atoms with Crippen LogP contribution in [-0.2, 0) is 11.3 Å². The summed E-state index contributed by atoms with van der Waals surface area (Å²) in [6.45, 7) is 6.06. The van der Waals surface area contributed by atoms with Crippen molar-refractivity contribution in [3.8, 4) is 5.75 Å². The van der Waals surface area contributed by atoms with E-state index in [1.54, 1.807) is 6.92 Å². The first kappa shape index (κ1) is 13.5. The zero-order valence-corrected chi connectivity index (χ0v) is 10.5. The van der Waals surface area contributed by atoms with Gasteiger partial charge in [0.1, 0.15) is 5.75 Å². The quantitative estimate of drug-likeness (QED) is 0.821. The molecule has 0 aromatic heterocycles. The fourth-order valence-corrected chi connectivity index (χ4v) is 1.79. The third-order valence-corrected chi connectivity index (χ3v) is 2.66. The number of nitrogens with two attached hydrogens (primary N) is 1. The number of hydrogen-bond acceptors (Lipinski definition) is 3. The van der Waals surface area contributed by atoms with E-state index in [9.17, 15) is 4.79 Å². The van der Waals surface area contributed by atoms with Crippen LogP contribution >= 0.6 is 0 Å². The van der Waals surface area contributed by atoms with Gasteiger partial charge in [0, 0.05) is 6.54 Å². The molecule has 1 rings (SSSR count). The third-order valence-electron chi connectivity index (χ3n) is 2.66. The summed E-state index contributed by atoms with van der Waals surface area (Å²) < 4.78 is 5.55. The van der Waals surface area contributed by atoms with Crippen molar-refractivity contribution in [1.29, 1.82) is 0 Å². The largest absolute Gasteiger partial charge is 0.479 e. The van der Waals surface area contributed by atoms with E-state index in [1.807, 2.05) is 26.0 Å². The zero-order valence-electron chi connectivity index (χ0n) is 10.5. The summed E-state index contributed by atoms with van der Waals surface area (Å²) in [7, 11) is 0. The van der Waals surface area contributed by atoms with Gasteiger partial charge in [-0.05, 0) is 37.0 Å². The van der Waals surface area contributed by atoms with Crippen molar-refractivity contribution in [2.75, 3.05) is 0 Å². The first-order valence-electron chi connectivity index (χ1n) is 5.69. The summed E-state index contributed by atoms with van der Waals surface area (Å²) in [6.07, 6.45) is -0.358. The van der Waals surface area contributed by atoms with E-state index in [0.717, 1.165) is 16.7 Å². The van der Waals surface area contributed by atoms with Crippen molar-refractivity contribution in [2.24, 2.45) is 5.73 Å². The van der Waals surface area contributed by atoms with Crippen molar-refractivity contribution < 1.29 is 14.6 Å². The molecular weight excluding hydrogens is 218 g/mol. The van der Waals surface area contributed by atoms with Crippen molar-refractivity contribution in [2.45, 2.75) is 39.8 Å². The number of aliphatic carboxylic acids is 1. The van der Waals surface area contributed by atoms with Crippen molar-refractivity contribution in [3.63, 3.8) is 0 Å². The molecule has 1 aromatic carbocycles. The monoisotopic (exact) mass is 237 g/mol. The molecule has 0 spiro atoms. The number of rotatable bonds is 5. The third kappa shape index (κ3) is 3.20. The molecule has 3 N–H and O–H groups in total. The van der Waals surface area contributed by atoms with Gasteiger partial charge in [0.2, 0.25) is 0 Å². The van der Waals surface area contributed by atoms with E-state index in [-0.39, 0.29) is 0 Å². The maximum atomic E-state index is 10.9. The van der Waals surface area contributed by atoms with E-state index in [2.05, 4.69) is 0 Å². The molecule has 0 aliphatic rings. The highest BCUT2D eigenvalue weighted by Crippen LogP contribution is 2.26. The lowest BCUT2D eigenvalue weighted by Gasteiger charge is -2.18. The minimum Gasteiger partial charge on any atom is -0.479 e. The Morgan fingerprint density at radius 2 is 1.94 bits per heavy atom. The molecule has 0 radical (unpaired) electrons. The molecule has 0 fully saturated rings. The predicted molar refractivity (Wildman–Crippen MR) is 66.2 cm³/mol. The van der Waals surface area contributed by atoms with Crippen LogP contribution in [0.2, 0.25) is 0 Å². The lowest BCUT2D eigenvalue weighted by molar-refractivity contribution is -0.145. The van der Waals surface area contributed by atoms with E-state index < -0.39 is 12.1 Å². The summed E-state index contributed by atoms with van der Waals surface area (Å²) in [5, 5.41) is 8.97. The fraction of sp³-hybridized carbons (Fsp3) is 0.462. The first-order chi connectivity index (χ1) is 7.99. The maximum Gasteiger partial charge on any atom is 0.344 e. The standard InChI is InChI=1S/C13H19NO3/c1-4-11(13(15)16)17-12-8(2)5-10(7-14)6-9(12)3/h5-6,11H,4,7,14H2,1-3H3,(H,15,16). The molecule has 4 heteroatoms. The number of carbonyl (C=O) groups is 1. The maximum absolute atomic E-state index is 10.9. The van der Waals surface area contributed by atoms with Gasteiger partial charge in [0.15, 0.2) is 6.10 Å². The van der Waals surface area contributed by atoms with Crippen LogP contribution in [0.15, 0.2) is 12.1 Å². The van der Waals surface area contributed by atoms with Gasteiger partial charge in [-0.25, -0.2) is 4.79 Å². The Morgan fingerprint density at radius 3 is 2.29 bits per heavy atom. The van der Waals surface area contributed by atoms with Gasteiger partial charge in [0.25, 0.3) is 0 Å². The van der Waals surface area contributed by atoms with Crippen molar-refractivity contribution in [3.05, 3.63) is 28.8 Å². The molecule has 0 aliphatic carbocycles. The molecule has 1 atom stereocenters. The Labute approximate surface area is 101 Å². The highest BCUT2D eigenvalue weighted by molar-refractivity contribution is 5.72. The van der Waals surface area contributed by atoms with Crippen LogP contribution in [0.4, 0.5) is 0 Å². The predicted octanol–water partition coefficient (Wildman–Crippen LogP) is 2.00. The molecule has 17 heavy (non-hydrogen) atoms. The van der Waals surface area contributed by atoms with Crippen LogP contribution in [0.25, 0.3) is 0 Å². The van der Waals surface area contributed by atoms with E-state index in [0.29, 0.717) is 18.7 Å². The van der Waals surface area contributed by atoms with E-state index in [4.69, 9.17) is 15.6 Å². The molecule has 0 saturated heterocycles. The molecule has 0 saturated carbocycles. The Morgan fingerprint density at radius 1 is 1.41 bits per heavy atom. The highest BCUT2D eigenvalue weighted by Gasteiger charge is 2.19. The van der Waals surface area contributed by atoms with Crippen LogP contribution in [0.3, 0.4) is 0 Å². The van der Waals surface area contributed by atoms with Crippen LogP contribution < -0.4 is 10.5 Å². The number of carboxylic acid groups (broad SMARTS) is 1. The summed E-state index contributed by atoms with van der Waals surface area (Å²) in [4.78, 5) is 10.9. The summed E-state index contributed by atoms with van der Waals surface area (Å²) >= 11 is 0. The van der Waals surface area contributed by atoms with Gasteiger partial charge in [-0.1, -0.05) is 19.1 Å². The van der Waals surface area contributed by atoms with Gasteiger partial charge in [-0.3, -0.25) is 0 Å². The Hall–Kier alpha value is -1.55. The molecule has 0 aliphatic heterocycles. The molecule has 94 valence electrons. The number of aryl methyl sites for hydroxylation is 2. The normalized spacial score (nSPS) is 12.2. The molecule has 1 unspecified atom stereocenters. The molecule has 4 nitrogen and oxygen atoms in total. The molecule has 0 heterocycles. The average molecular weight is 237 g/mol. The summed E-state index contributed by atoms with van der Waals surface area (Å²) in [5.41, 5.74) is 8.45. The molecule has 1 aromatic rings. The zero-order chi connectivity index (χ0) is 13.0. The minimum absolute atomic E-state index is 0.437. The number of carboxylic acids is 1. The van der Waals surface area contributed by atoms with Gasteiger partial charge in [0.05, 0.1) is 0 Å². The van der Waals surface area contributed by atoms with Crippen LogP contribution in [0.1, 0.15) is 30.0 Å². The number of benzene rings is 1. The van der Waals surface area contributed by atoms with Crippen molar-refractivity contribution >= 4 is 5.97 Å². The van der Waals surface area contributed by atoms with E-state index >= 15 is 0 Å². The van der Waals surface area contributed by atoms with Crippen LogP contribution in [-0.4, -0.2) is 17.2 Å². The Bertz CT molecular complexity index is 392. The van der Waals surface area contributed by atoms with Gasteiger partial charge >= 0.3 is 5.97 Å². The first-order valence-corrected chi connectivity index (χ1v) is 5.69. The smallest absolute Gasteiger partial charge is 0.344 e. The highest BCUT2D eigenvalue weighted by atomic mass is 16.5. The lowest BCUT2D eigenvalue weighted by atomic mass is 10.1. The van der Waals surface area contributed by atoms with Crippen molar-refractivity contribution in [1.82, 2.24) is 0 Å². The minimum atomic E-state index is -0.936. The second kappa shape index (κ2) is 5.68. The summed E-state index contributed by atoms with van der Waals surface area (Å²) in [5.74, 6) is -0.286. The van der Waals surface area contributed by atoms with Gasteiger partial charge < -0.3 is 15.6 Å². The Kier molecular flexibility index (Phi) is 4.52. The number of hydrogen-bond donors (Lipinski definition) is 2. The van der Waals surface area contributed by atoms with E-state index in [1.165, 1.54) is 0 Å². The van der Waals surface area contributed by atoms with Gasteiger partial charge in [-0.2, -0.15) is 0 Å².